The Morgan fingerprint density at radius 3 is 2.86 bits per heavy atom. The molecule has 0 fully saturated rings. The maximum Gasteiger partial charge on any atom is 0.0670 e. The highest BCUT2D eigenvalue weighted by molar-refractivity contribution is 9.13. The molecule has 0 saturated heterocycles. The highest BCUT2D eigenvalue weighted by Crippen LogP contribution is 2.33. The Labute approximate surface area is 98.2 Å². The first-order valence-electron chi connectivity index (χ1n) is 4.05. The number of aromatic nitrogens is 1. The Morgan fingerprint density at radius 2 is 2.14 bits per heavy atom. The van der Waals surface area contributed by atoms with Gasteiger partial charge in [0.2, 0.25) is 0 Å². The molecule has 0 atom stereocenters. The summed E-state index contributed by atoms with van der Waals surface area (Å²) < 4.78 is 2.00. The van der Waals surface area contributed by atoms with E-state index in [2.05, 4.69) is 42.9 Å². The van der Waals surface area contributed by atoms with Gasteiger partial charge in [0, 0.05) is 26.0 Å². The van der Waals surface area contributed by atoms with Gasteiger partial charge in [-0.25, -0.2) is 0 Å². The summed E-state index contributed by atoms with van der Waals surface area (Å²) in [4.78, 5) is 3.14. The minimum atomic E-state index is 0.426. The molecule has 0 aliphatic heterocycles. The van der Waals surface area contributed by atoms with Crippen molar-refractivity contribution < 1.29 is 0 Å². The minimum absolute atomic E-state index is 0.426. The van der Waals surface area contributed by atoms with Crippen molar-refractivity contribution in [2.45, 2.75) is 6.42 Å². The second kappa shape index (κ2) is 3.76. The Morgan fingerprint density at radius 1 is 1.36 bits per heavy atom. The molecule has 4 heteroatoms. The van der Waals surface area contributed by atoms with Crippen molar-refractivity contribution in [1.82, 2.24) is 4.98 Å². The predicted octanol–water partition coefficient (Wildman–Crippen LogP) is 3.76. The summed E-state index contributed by atoms with van der Waals surface area (Å²) in [6, 6.07) is 6.12. The van der Waals surface area contributed by atoms with Gasteiger partial charge in [-0.05, 0) is 49.6 Å². The molecule has 0 bridgehead atoms. The Balaban J connectivity index is 2.77. The van der Waals surface area contributed by atoms with Crippen molar-refractivity contribution in [3.8, 4) is 6.07 Å². The normalized spacial score (nSPS) is 10.4. The molecular formula is C10H6Br2N2. The molecule has 14 heavy (non-hydrogen) atoms. The third-order valence-corrected chi connectivity index (χ3v) is 4.10. The number of benzene rings is 1. The number of nitrogens with one attached hydrogen (secondary N) is 1. The van der Waals surface area contributed by atoms with E-state index < -0.39 is 0 Å². The molecule has 2 rings (SSSR count). The van der Waals surface area contributed by atoms with Crippen LogP contribution in [0.4, 0.5) is 0 Å². The Hall–Kier alpha value is -0.790. The van der Waals surface area contributed by atoms with E-state index in [0.717, 1.165) is 25.4 Å². The van der Waals surface area contributed by atoms with Gasteiger partial charge in [0.1, 0.15) is 0 Å². The number of nitrogens with zero attached hydrogens (tertiary/aromatic N) is 1. The Bertz CT molecular complexity index is 523. The molecule has 70 valence electrons. The van der Waals surface area contributed by atoms with E-state index in [9.17, 15) is 0 Å². The van der Waals surface area contributed by atoms with Gasteiger partial charge in [-0.3, -0.25) is 0 Å². The van der Waals surface area contributed by atoms with Crippen molar-refractivity contribution in [2.75, 3.05) is 0 Å². The van der Waals surface area contributed by atoms with Crippen LogP contribution in [0.15, 0.2) is 27.3 Å². The standard InChI is InChI=1S/C10H6Br2N2/c11-7-1-2-8-9(10(7)12)6(3-4-13)5-14-8/h1-2,5,14H,3H2. The van der Waals surface area contributed by atoms with Crippen LogP contribution >= 0.6 is 31.9 Å². The van der Waals surface area contributed by atoms with E-state index in [0.29, 0.717) is 6.42 Å². The quantitative estimate of drug-likeness (QED) is 0.855. The molecule has 1 N–H and O–H groups in total. The third kappa shape index (κ3) is 1.47. The van der Waals surface area contributed by atoms with Crippen molar-refractivity contribution in [3.63, 3.8) is 0 Å². The zero-order valence-corrected chi connectivity index (χ0v) is 10.3. The number of H-pyrrole nitrogens is 1. The number of hydrogen-bond donors (Lipinski definition) is 1. The first-order chi connectivity index (χ1) is 6.74. The van der Waals surface area contributed by atoms with Crippen LogP contribution in [0.3, 0.4) is 0 Å². The maximum atomic E-state index is 8.67. The van der Waals surface area contributed by atoms with Crippen molar-refractivity contribution >= 4 is 42.8 Å². The SMILES string of the molecule is N#CCc1c[nH]c2ccc(Br)c(Br)c12. The lowest BCUT2D eigenvalue weighted by Gasteiger charge is -1.99. The summed E-state index contributed by atoms with van der Waals surface area (Å²) in [5, 5.41) is 9.75. The number of rotatable bonds is 1. The van der Waals surface area contributed by atoms with E-state index in [-0.39, 0.29) is 0 Å². The molecule has 2 aromatic rings. The number of nitriles is 1. The lowest BCUT2D eigenvalue weighted by Crippen LogP contribution is -1.79. The van der Waals surface area contributed by atoms with E-state index in [1.165, 1.54) is 0 Å². The van der Waals surface area contributed by atoms with Crippen molar-refractivity contribution in [3.05, 3.63) is 32.8 Å². The molecule has 0 spiro atoms. The zero-order valence-electron chi connectivity index (χ0n) is 7.14. The fraction of sp³-hybridized carbons (Fsp3) is 0.100. The fourth-order valence-electron chi connectivity index (χ4n) is 1.45. The van der Waals surface area contributed by atoms with Gasteiger partial charge < -0.3 is 4.98 Å². The molecule has 0 amide bonds. The largest absolute Gasteiger partial charge is 0.361 e. The molecule has 1 aromatic carbocycles. The van der Waals surface area contributed by atoms with Crippen LogP contribution in [0.5, 0.6) is 0 Å². The molecule has 1 heterocycles. The van der Waals surface area contributed by atoms with Gasteiger partial charge in [0.05, 0.1) is 12.5 Å². The average molecular weight is 314 g/mol. The van der Waals surface area contributed by atoms with Gasteiger partial charge in [-0.1, -0.05) is 0 Å². The number of fused-ring (bicyclic) bond motifs is 1. The second-order valence-corrected chi connectivity index (χ2v) is 4.58. The molecule has 1 aromatic heterocycles. The molecule has 0 saturated carbocycles. The van der Waals surface area contributed by atoms with Crippen LogP contribution in [0.25, 0.3) is 10.9 Å². The molecule has 0 aliphatic rings. The first kappa shape index (κ1) is 9.75. The van der Waals surface area contributed by atoms with Gasteiger partial charge >= 0.3 is 0 Å². The Kier molecular flexibility index (Phi) is 2.62. The maximum absolute atomic E-state index is 8.67. The van der Waals surface area contributed by atoms with Crippen LogP contribution in [-0.4, -0.2) is 4.98 Å². The predicted molar refractivity (Wildman–Crippen MR) is 63.0 cm³/mol. The van der Waals surface area contributed by atoms with E-state index >= 15 is 0 Å². The third-order valence-electron chi connectivity index (χ3n) is 2.09. The lowest BCUT2D eigenvalue weighted by molar-refractivity contribution is 1.27. The zero-order chi connectivity index (χ0) is 10.1. The van der Waals surface area contributed by atoms with Gasteiger partial charge in [0.15, 0.2) is 0 Å². The summed E-state index contributed by atoms with van der Waals surface area (Å²) in [6.45, 7) is 0. The number of halogens is 2. The van der Waals surface area contributed by atoms with Crippen LogP contribution < -0.4 is 0 Å². The van der Waals surface area contributed by atoms with Gasteiger partial charge in [-0.2, -0.15) is 5.26 Å². The highest BCUT2D eigenvalue weighted by atomic mass is 79.9. The number of aromatic amines is 1. The molecular weight excluding hydrogens is 308 g/mol. The fourth-order valence-corrected chi connectivity index (χ4v) is 2.38. The number of hydrogen-bond acceptors (Lipinski definition) is 1. The first-order valence-corrected chi connectivity index (χ1v) is 5.63. The summed E-state index contributed by atoms with van der Waals surface area (Å²) in [7, 11) is 0. The summed E-state index contributed by atoms with van der Waals surface area (Å²) in [5.41, 5.74) is 2.07. The molecule has 0 unspecified atom stereocenters. The van der Waals surface area contributed by atoms with Crippen LogP contribution in [-0.2, 0) is 6.42 Å². The summed E-state index contributed by atoms with van der Waals surface area (Å²) in [6.07, 6.45) is 2.31. The summed E-state index contributed by atoms with van der Waals surface area (Å²) >= 11 is 6.95. The highest BCUT2D eigenvalue weighted by Gasteiger charge is 2.09. The van der Waals surface area contributed by atoms with Crippen molar-refractivity contribution in [1.29, 1.82) is 5.26 Å². The summed E-state index contributed by atoms with van der Waals surface area (Å²) in [5.74, 6) is 0. The van der Waals surface area contributed by atoms with Gasteiger partial charge in [-0.15, -0.1) is 0 Å². The van der Waals surface area contributed by atoms with Crippen LogP contribution in [0, 0.1) is 11.3 Å². The van der Waals surface area contributed by atoms with Crippen molar-refractivity contribution in [2.24, 2.45) is 0 Å². The molecule has 0 radical (unpaired) electrons. The second-order valence-electron chi connectivity index (χ2n) is 2.93. The topological polar surface area (TPSA) is 39.6 Å². The van der Waals surface area contributed by atoms with E-state index in [4.69, 9.17) is 5.26 Å². The minimum Gasteiger partial charge on any atom is -0.361 e. The average Bonchev–Trinajstić information content (AvgIpc) is 2.57. The van der Waals surface area contributed by atoms with E-state index in [1.54, 1.807) is 0 Å². The smallest absolute Gasteiger partial charge is 0.0670 e. The van der Waals surface area contributed by atoms with E-state index in [1.807, 2.05) is 18.3 Å². The van der Waals surface area contributed by atoms with Gasteiger partial charge in [0.25, 0.3) is 0 Å². The van der Waals surface area contributed by atoms with Crippen LogP contribution in [0.2, 0.25) is 0 Å². The molecule has 0 aliphatic carbocycles. The monoisotopic (exact) mass is 312 g/mol. The van der Waals surface area contributed by atoms with Crippen LogP contribution in [0.1, 0.15) is 5.56 Å². The molecule has 2 nitrogen and oxygen atoms in total. The lowest BCUT2D eigenvalue weighted by atomic mass is 10.1.